The van der Waals surface area contributed by atoms with Gasteiger partial charge < -0.3 is 4.74 Å². The highest BCUT2D eigenvalue weighted by Crippen LogP contribution is 2.40. The van der Waals surface area contributed by atoms with E-state index in [1.165, 1.54) is 47.1 Å². The van der Waals surface area contributed by atoms with Gasteiger partial charge in [-0.1, -0.05) is 72.6 Å². The van der Waals surface area contributed by atoms with Crippen LogP contribution in [0.5, 0.6) is 0 Å². The first-order valence-corrected chi connectivity index (χ1v) is 11.9. The Labute approximate surface area is 197 Å². The first kappa shape index (κ1) is 27.7. The maximum Gasteiger partial charge on any atom is 0.331 e. The van der Waals surface area contributed by atoms with Gasteiger partial charge in [-0.15, -0.1) is 0 Å². The van der Waals surface area contributed by atoms with Gasteiger partial charge in [-0.2, -0.15) is 0 Å². The molecule has 1 aliphatic rings. The Bertz CT molecular complexity index is 847. The summed E-state index contributed by atoms with van der Waals surface area (Å²) in [7, 11) is 0. The SMILES string of the molecule is CC(C)=CCCC(C)=CCOC(=O)C=C(C)C=CC=C(C)C=CC1=C(C)CCCC1(C)C. The second kappa shape index (κ2) is 13.9. The van der Waals surface area contributed by atoms with Crippen LogP contribution in [0.3, 0.4) is 0 Å². The molecule has 0 aromatic heterocycles. The molecule has 0 bridgehead atoms. The molecular formula is C30H44O2. The quantitative estimate of drug-likeness (QED) is 0.148. The molecule has 0 radical (unpaired) electrons. The first-order chi connectivity index (χ1) is 15.0. The molecule has 1 rings (SSSR count). The summed E-state index contributed by atoms with van der Waals surface area (Å²) in [6.07, 6.45) is 22.0. The zero-order valence-corrected chi connectivity index (χ0v) is 21.7. The van der Waals surface area contributed by atoms with Gasteiger partial charge in [0.15, 0.2) is 0 Å². The van der Waals surface area contributed by atoms with E-state index >= 15 is 0 Å². The molecule has 0 spiro atoms. The van der Waals surface area contributed by atoms with Crippen LogP contribution >= 0.6 is 0 Å². The van der Waals surface area contributed by atoms with Crippen molar-refractivity contribution in [3.8, 4) is 0 Å². The molecule has 0 fully saturated rings. The zero-order chi connectivity index (χ0) is 24.1. The summed E-state index contributed by atoms with van der Waals surface area (Å²) in [6.45, 7) is 17.6. The van der Waals surface area contributed by atoms with Gasteiger partial charge in [0.25, 0.3) is 0 Å². The predicted molar refractivity (Wildman–Crippen MR) is 140 cm³/mol. The van der Waals surface area contributed by atoms with E-state index in [0.29, 0.717) is 6.61 Å². The molecule has 0 amide bonds. The molecule has 32 heavy (non-hydrogen) atoms. The Morgan fingerprint density at radius 1 is 1.03 bits per heavy atom. The Morgan fingerprint density at radius 3 is 2.41 bits per heavy atom. The van der Waals surface area contributed by atoms with Crippen molar-refractivity contribution in [2.75, 3.05) is 6.61 Å². The number of hydrogen-bond donors (Lipinski definition) is 0. The molecule has 0 saturated heterocycles. The molecule has 0 aliphatic heterocycles. The van der Waals surface area contributed by atoms with Crippen molar-refractivity contribution in [3.05, 3.63) is 82.0 Å². The van der Waals surface area contributed by atoms with Crippen LogP contribution in [0.4, 0.5) is 0 Å². The minimum absolute atomic E-state index is 0.258. The lowest BCUT2D eigenvalue weighted by Crippen LogP contribution is -2.19. The lowest BCUT2D eigenvalue weighted by molar-refractivity contribution is -0.136. The smallest absolute Gasteiger partial charge is 0.331 e. The van der Waals surface area contributed by atoms with Crippen LogP contribution in [0, 0.1) is 5.41 Å². The van der Waals surface area contributed by atoms with E-state index in [1.54, 1.807) is 6.08 Å². The van der Waals surface area contributed by atoms with Gasteiger partial charge in [0, 0.05) is 6.08 Å². The maximum absolute atomic E-state index is 12.0. The third-order valence-corrected chi connectivity index (χ3v) is 5.87. The molecule has 0 saturated carbocycles. The summed E-state index contributed by atoms with van der Waals surface area (Å²) in [5.41, 5.74) is 7.88. The number of carbonyl (C=O) groups is 1. The lowest BCUT2D eigenvalue weighted by atomic mass is 9.72. The molecule has 2 heteroatoms. The normalized spacial score (nSPS) is 17.9. The summed E-state index contributed by atoms with van der Waals surface area (Å²) in [5.74, 6) is -0.303. The standard InChI is InChI=1S/C30H44O2/c1-23(2)12-9-13-25(4)19-21-32-29(31)22-26(5)15-10-14-24(3)17-18-28-27(6)16-11-20-30(28,7)8/h10,12,14-15,17-19,22H,9,11,13,16,20-21H2,1-8H3. The van der Waals surface area contributed by atoms with Crippen LogP contribution in [0.25, 0.3) is 0 Å². The Morgan fingerprint density at radius 2 is 1.75 bits per heavy atom. The van der Waals surface area contributed by atoms with Crippen molar-refractivity contribution in [1.82, 2.24) is 0 Å². The molecule has 176 valence electrons. The second-order valence-corrected chi connectivity index (χ2v) is 9.92. The minimum atomic E-state index is -0.303. The van der Waals surface area contributed by atoms with E-state index in [4.69, 9.17) is 4.74 Å². The topological polar surface area (TPSA) is 26.3 Å². The average Bonchev–Trinajstić information content (AvgIpc) is 2.66. The number of carbonyl (C=O) groups excluding carboxylic acids is 1. The van der Waals surface area contributed by atoms with Crippen molar-refractivity contribution in [2.24, 2.45) is 5.41 Å². The molecule has 1 aliphatic carbocycles. The number of rotatable bonds is 10. The van der Waals surface area contributed by atoms with Crippen molar-refractivity contribution in [3.63, 3.8) is 0 Å². The van der Waals surface area contributed by atoms with Crippen LogP contribution in [0.2, 0.25) is 0 Å². The Hall–Kier alpha value is -2.35. The van der Waals surface area contributed by atoms with Gasteiger partial charge in [0.2, 0.25) is 0 Å². The van der Waals surface area contributed by atoms with Crippen molar-refractivity contribution >= 4 is 5.97 Å². The molecule has 0 aromatic carbocycles. The predicted octanol–water partition coefficient (Wildman–Crippen LogP) is 8.75. The largest absolute Gasteiger partial charge is 0.458 e. The molecule has 0 N–H and O–H groups in total. The molecule has 0 unspecified atom stereocenters. The fraction of sp³-hybridized carbons (Fsp3) is 0.500. The summed E-state index contributed by atoms with van der Waals surface area (Å²) >= 11 is 0. The van der Waals surface area contributed by atoms with E-state index in [9.17, 15) is 4.79 Å². The summed E-state index contributed by atoms with van der Waals surface area (Å²) < 4.78 is 5.30. The molecule has 0 atom stereocenters. The third-order valence-electron chi connectivity index (χ3n) is 5.87. The molecule has 0 aromatic rings. The van der Waals surface area contributed by atoms with Gasteiger partial charge in [-0.25, -0.2) is 4.79 Å². The fourth-order valence-corrected chi connectivity index (χ4v) is 3.86. The van der Waals surface area contributed by atoms with Gasteiger partial charge >= 0.3 is 5.97 Å². The highest BCUT2D eigenvalue weighted by Gasteiger charge is 2.26. The van der Waals surface area contributed by atoms with E-state index in [2.05, 4.69) is 72.8 Å². The van der Waals surface area contributed by atoms with Gasteiger partial charge in [0.1, 0.15) is 6.61 Å². The maximum atomic E-state index is 12.0. The molecule has 2 nitrogen and oxygen atoms in total. The zero-order valence-electron chi connectivity index (χ0n) is 21.7. The third kappa shape index (κ3) is 11.3. The number of allylic oxidation sites excluding steroid dienone is 12. The summed E-state index contributed by atoms with van der Waals surface area (Å²) in [6, 6.07) is 0. The van der Waals surface area contributed by atoms with Gasteiger partial charge in [0.05, 0.1) is 0 Å². The lowest BCUT2D eigenvalue weighted by Gasteiger charge is -2.32. The highest BCUT2D eigenvalue weighted by molar-refractivity contribution is 5.83. The molecular weight excluding hydrogens is 392 g/mol. The van der Waals surface area contributed by atoms with Crippen LogP contribution in [0.15, 0.2) is 82.0 Å². The van der Waals surface area contributed by atoms with Crippen LogP contribution in [0.1, 0.15) is 87.5 Å². The minimum Gasteiger partial charge on any atom is -0.458 e. The van der Waals surface area contributed by atoms with E-state index in [1.807, 2.05) is 25.2 Å². The van der Waals surface area contributed by atoms with Crippen LogP contribution < -0.4 is 0 Å². The number of ether oxygens (including phenoxy) is 1. The second-order valence-electron chi connectivity index (χ2n) is 9.92. The van der Waals surface area contributed by atoms with Gasteiger partial charge in [-0.05, 0) is 96.3 Å². The van der Waals surface area contributed by atoms with E-state index in [-0.39, 0.29) is 11.4 Å². The van der Waals surface area contributed by atoms with Gasteiger partial charge in [-0.3, -0.25) is 0 Å². The summed E-state index contributed by atoms with van der Waals surface area (Å²) in [4.78, 5) is 12.0. The van der Waals surface area contributed by atoms with E-state index in [0.717, 1.165) is 18.4 Å². The fourth-order valence-electron chi connectivity index (χ4n) is 3.86. The van der Waals surface area contributed by atoms with Crippen molar-refractivity contribution < 1.29 is 9.53 Å². The monoisotopic (exact) mass is 436 g/mol. The average molecular weight is 437 g/mol. The van der Waals surface area contributed by atoms with Crippen molar-refractivity contribution in [1.29, 1.82) is 0 Å². The summed E-state index contributed by atoms with van der Waals surface area (Å²) in [5, 5.41) is 0. The van der Waals surface area contributed by atoms with Crippen molar-refractivity contribution in [2.45, 2.75) is 87.5 Å². The number of hydrogen-bond acceptors (Lipinski definition) is 2. The Balaban J connectivity index is 2.55. The van der Waals surface area contributed by atoms with Crippen LogP contribution in [-0.2, 0) is 9.53 Å². The van der Waals surface area contributed by atoms with Crippen LogP contribution in [-0.4, -0.2) is 12.6 Å². The Kier molecular flexibility index (Phi) is 12.1. The first-order valence-electron chi connectivity index (χ1n) is 11.9. The highest BCUT2D eigenvalue weighted by atomic mass is 16.5. The van der Waals surface area contributed by atoms with E-state index < -0.39 is 0 Å². The molecule has 0 heterocycles. The number of esters is 1.